The summed E-state index contributed by atoms with van der Waals surface area (Å²) in [6.45, 7) is 6.74. The van der Waals surface area contributed by atoms with Gasteiger partial charge in [0.2, 0.25) is 0 Å². The van der Waals surface area contributed by atoms with Gasteiger partial charge in [0.05, 0.1) is 23.9 Å². The largest absolute Gasteiger partial charge is 0.392 e. The molecule has 3 N–H and O–H groups in total. The number of piperidine rings is 1. The van der Waals surface area contributed by atoms with E-state index in [1.807, 2.05) is 0 Å². The molecule has 1 spiro atoms. The summed E-state index contributed by atoms with van der Waals surface area (Å²) in [4.78, 5) is 2.60. The summed E-state index contributed by atoms with van der Waals surface area (Å²) < 4.78 is 5.79. The van der Waals surface area contributed by atoms with Crippen LogP contribution in [0.2, 0.25) is 0 Å². The minimum atomic E-state index is -0.858. The molecule has 7 bridgehead atoms. The number of fused-ring (bicyclic) bond motifs is 2. The molecule has 0 aromatic carbocycles. The van der Waals surface area contributed by atoms with Gasteiger partial charge in [-0.25, -0.2) is 0 Å². The monoisotopic (exact) mass is 377 g/mol. The van der Waals surface area contributed by atoms with E-state index in [0.717, 1.165) is 38.8 Å². The van der Waals surface area contributed by atoms with E-state index in [1.54, 1.807) is 7.11 Å². The number of rotatable bonds is 2. The molecule has 1 heterocycles. The number of hydrogen-bond acceptors (Lipinski definition) is 5. The lowest BCUT2D eigenvalue weighted by molar-refractivity contribution is -0.266. The van der Waals surface area contributed by atoms with Gasteiger partial charge in [-0.15, -0.1) is 0 Å². The molecule has 5 nitrogen and oxygen atoms in total. The van der Waals surface area contributed by atoms with E-state index < -0.39 is 11.7 Å². The third kappa shape index (κ3) is 1.66. The first kappa shape index (κ1) is 17.6. The third-order valence-corrected chi connectivity index (χ3v) is 10.7. The van der Waals surface area contributed by atoms with Crippen LogP contribution in [0.15, 0.2) is 0 Å². The zero-order chi connectivity index (χ0) is 18.9. The summed E-state index contributed by atoms with van der Waals surface area (Å²) in [7, 11) is 1.73. The van der Waals surface area contributed by atoms with Gasteiger partial charge < -0.3 is 20.1 Å². The van der Waals surface area contributed by atoms with Gasteiger partial charge in [0.15, 0.2) is 0 Å². The van der Waals surface area contributed by atoms with Crippen molar-refractivity contribution in [3.63, 3.8) is 0 Å². The highest BCUT2D eigenvalue weighted by molar-refractivity contribution is 5.32. The van der Waals surface area contributed by atoms with Crippen LogP contribution in [0.25, 0.3) is 0 Å². The summed E-state index contributed by atoms with van der Waals surface area (Å²) in [5.74, 6) is 0.840. The highest BCUT2D eigenvalue weighted by Gasteiger charge is 2.82. The van der Waals surface area contributed by atoms with Crippen LogP contribution in [0.1, 0.15) is 46.0 Å². The molecule has 6 rings (SSSR count). The maximum Gasteiger partial charge on any atom is 0.0771 e. The van der Waals surface area contributed by atoms with Crippen LogP contribution >= 0.6 is 0 Å². The number of likely N-dealkylation sites (tertiary alicyclic amines) is 1. The standard InChI is InChI=1S/C22H35NO4/c1-4-23-10-20(2)6-5-16(24)22-12-7-11-14(27-3)9-21(26,17(12)18(11)25)13(19(22)23)8-15(20)22/h11-19,24-26H,4-10H2,1-3H3/t11-,12-,13+,14+,15-,16+,17-,18+,19?,20+,21+,22-/m0/s1. The Morgan fingerprint density at radius 1 is 1.19 bits per heavy atom. The first-order chi connectivity index (χ1) is 12.8. The molecule has 27 heavy (non-hydrogen) atoms. The topological polar surface area (TPSA) is 73.2 Å². The van der Waals surface area contributed by atoms with Crippen LogP contribution in [-0.2, 0) is 4.74 Å². The Hall–Kier alpha value is -0.200. The molecule has 0 aromatic rings. The lowest BCUT2D eigenvalue weighted by atomic mass is 9.43. The van der Waals surface area contributed by atoms with E-state index in [-0.39, 0.29) is 52.8 Å². The molecule has 1 saturated heterocycles. The van der Waals surface area contributed by atoms with Gasteiger partial charge in [0.25, 0.3) is 0 Å². The Bertz CT molecular complexity index is 673. The molecule has 6 aliphatic rings. The molecule has 5 saturated carbocycles. The number of aliphatic hydroxyl groups is 3. The lowest BCUT2D eigenvalue weighted by Gasteiger charge is -2.68. The van der Waals surface area contributed by atoms with E-state index in [4.69, 9.17) is 4.74 Å². The number of hydrogen-bond donors (Lipinski definition) is 3. The highest BCUT2D eigenvalue weighted by Crippen LogP contribution is 2.78. The average molecular weight is 378 g/mol. The van der Waals surface area contributed by atoms with Gasteiger partial charge >= 0.3 is 0 Å². The maximum absolute atomic E-state index is 12.1. The fourth-order valence-electron chi connectivity index (χ4n) is 10.1. The Morgan fingerprint density at radius 3 is 2.67 bits per heavy atom. The first-order valence-corrected chi connectivity index (χ1v) is 11.2. The smallest absolute Gasteiger partial charge is 0.0771 e. The maximum atomic E-state index is 12.1. The second-order valence-corrected chi connectivity index (χ2v) is 11.1. The zero-order valence-corrected chi connectivity index (χ0v) is 16.8. The highest BCUT2D eigenvalue weighted by atomic mass is 16.5. The predicted octanol–water partition coefficient (Wildman–Crippen LogP) is 1.25. The predicted molar refractivity (Wildman–Crippen MR) is 99.9 cm³/mol. The minimum absolute atomic E-state index is 0.0657. The lowest BCUT2D eigenvalue weighted by Crippen LogP contribution is -2.75. The molecular weight excluding hydrogens is 342 g/mol. The summed E-state index contributed by atoms with van der Waals surface area (Å²) in [5, 5.41) is 34.9. The van der Waals surface area contributed by atoms with Crippen molar-refractivity contribution in [3.05, 3.63) is 0 Å². The van der Waals surface area contributed by atoms with Crippen LogP contribution in [0, 0.1) is 40.4 Å². The van der Waals surface area contributed by atoms with Crippen molar-refractivity contribution in [1.82, 2.24) is 4.90 Å². The van der Waals surface area contributed by atoms with E-state index in [1.165, 1.54) is 0 Å². The van der Waals surface area contributed by atoms with Crippen molar-refractivity contribution in [2.24, 2.45) is 40.4 Å². The van der Waals surface area contributed by atoms with Crippen molar-refractivity contribution in [1.29, 1.82) is 0 Å². The van der Waals surface area contributed by atoms with E-state index in [9.17, 15) is 15.3 Å². The van der Waals surface area contributed by atoms with Gasteiger partial charge in [0.1, 0.15) is 0 Å². The Labute approximate surface area is 162 Å². The van der Waals surface area contributed by atoms with Crippen molar-refractivity contribution < 1.29 is 20.1 Å². The number of ether oxygens (including phenoxy) is 1. The molecule has 1 unspecified atom stereocenters. The Kier molecular flexibility index (Phi) is 3.33. The van der Waals surface area contributed by atoms with Crippen LogP contribution in [0.3, 0.4) is 0 Å². The molecule has 0 aromatic heterocycles. The van der Waals surface area contributed by atoms with E-state index in [2.05, 4.69) is 18.7 Å². The molecule has 152 valence electrons. The molecule has 0 amide bonds. The zero-order valence-electron chi connectivity index (χ0n) is 16.8. The molecule has 1 aliphatic heterocycles. The summed E-state index contributed by atoms with van der Waals surface area (Å²) in [6, 6.07) is 0.253. The van der Waals surface area contributed by atoms with Gasteiger partial charge in [-0.2, -0.15) is 0 Å². The molecule has 12 atom stereocenters. The number of methoxy groups -OCH3 is 1. The fourth-order valence-corrected chi connectivity index (χ4v) is 10.1. The number of aliphatic hydroxyl groups excluding tert-OH is 2. The summed E-state index contributed by atoms with van der Waals surface area (Å²) in [6.07, 6.45) is 3.66. The molecule has 5 heteroatoms. The molecule has 5 aliphatic carbocycles. The van der Waals surface area contributed by atoms with E-state index >= 15 is 0 Å². The van der Waals surface area contributed by atoms with Gasteiger partial charge in [-0.05, 0) is 49.5 Å². The van der Waals surface area contributed by atoms with Gasteiger partial charge in [-0.3, -0.25) is 4.90 Å². The molecular formula is C22H35NO4. The SMILES string of the molecule is CCN1C[C@@]2(C)CC[C@@H](O)[C@@]34C1[C@@H](C[C@@H]23)[C@]1(O)C[C@@H](OC)[C@@H]2C[C@H]4[C@H]1[C@@H]2O. The van der Waals surface area contributed by atoms with Crippen LogP contribution in [0.5, 0.6) is 0 Å². The van der Waals surface area contributed by atoms with Crippen molar-refractivity contribution in [2.45, 2.75) is 75.9 Å². The average Bonchev–Trinajstić information content (AvgIpc) is 3.07. The fraction of sp³-hybridized carbons (Fsp3) is 1.00. The first-order valence-electron chi connectivity index (χ1n) is 11.2. The second-order valence-electron chi connectivity index (χ2n) is 11.1. The molecule has 6 fully saturated rings. The summed E-state index contributed by atoms with van der Waals surface area (Å²) >= 11 is 0. The van der Waals surface area contributed by atoms with Crippen molar-refractivity contribution >= 4 is 0 Å². The van der Waals surface area contributed by atoms with Crippen molar-refractivity contribution in [2.75, 3.05) is 20.2 Å². The van der Waals surface area contributed by atoms with Crippen molar-refractivity contribution in [3.8, 4) is 0 Å². The van der Waals surface area contributed by atoms with Crippen LogP contribution < -0.4 is 0 Å². The van der Waals surface area contributed by atoms with Crippen LogP contribution in [-0.4, -0.2) is 70.4 Å². The normalized spacial score (nSPS) is 66.2. The Balaban J connectivity index is 1.59. The quantitative estimate of drug-likeness (QED) is 0.676. The van der Waals surface area contributed by atoms with Crippen LogP contribution in [0.4, 0.5) is 0 Å². The molecule has 0 radical (unpaired) electrons. The Morgan fingerprint density at radius 2 is 1.96 bits per heavy atom. The summed E-state index contributed by atoms with van der Waals surface area (Å²) in [5.41, 5.74) is -0.788. The van der Waals surface area contributed by atoms with Gasteiger partial charge in [-0.1, -0.05) is 13.8 Å². The van der Waals surface area contributed by atoms with E-state index in [0.29, 0.717) is 12.3 Å². The van der Waals surface area contributed by atoms with Gasteiger partial charge in [0, 0.05) is 49.3 Å². The number of nitrogens with zero attached hydrogens (tertiary/aromatic N) is 1. The minimum Gasteiger partial charge on any atom is -0.392 e. The third-order valence-electron chi connectivity index (χ3n) is 10.7. The second kappa shape index (κ2) is 5.10.